The summed E-state index contributed by atoms with van der Waals surface area (Å²) >= 11 is 6.01. The molecule has 0 aromatic heterocycles. The maximum absolute atomic E-state index is 12.1. The molecule has 0 heterocycles. The van der Waals surface area contributed by atoms with Crippen LogP contribution in [0.25, 0.3) is 0 Å². The molecule has 0 aliphatic carbocycles. The van der Waals surface area contributed by atoms with Crippen LogP contribution >= 0.6 is 11.6 Å². The molecule has 0 spiro atoms. The third-order valence-corrected chi connectivity index (χ3v) is 3.67. The molecule has 1 amide bonds. The fraction of sp³-hybridized carbons (Fsp3) is 0.556. The highest BCUT2D eigenvalue weighted by molar-refractivity contribution is 6.33. The third-order valence-electron chi connectivity index (χ3n) is 3.34. The number of nitrogens with one attached hydrogen (secondary N) is 3. The van der Waals surface area contributed by atoms with Gasteiger partial charge in [0.05, 0.1) is 10.6 Å². The molecule has 0 fully saturated rings. The number of rotatable bonds is 11. The maximum Gasteiger partial charge on any atom is 0.252 e. The highest BCUT2D eigenvalue weighted by Gasteiger charge is 2.08. The number of benzene rings is 1. The number of halogens is 1. The van der Waals surface area contributed by atoms with Gasteiger partial charge in [-0.25, -0.2) is 0 Å². The molecule has 0 bridgehead atoms. The van der Waals surface area contributed by atoms with E-state index in [1.165, 1.54) is 0 Å². The molecule has 0 radical (unpaired) electrons. The SMILES string of the molecule is CCNC(=NCCCCOCC)NCCNC(=O)c1ccccc1Cl. The van der Waals surface area contributed by atoms with Gasteiger partial charge in [0.1, 0.15) is 0 Å². The van der Waals surface area contributed by atoms with E-state index >= 15 is 0 Å². The number of hydrogen-bond donors (Lipinski definition) is 3. The van der Waals surface area contributed by atoms with Crippen molar-refractivity contribution in [2.45, 2.75) is 26.7 Å². The fourth-order valence-electron chi connectivity index (χ4n) is 2.09. The van der Waals surface area contributed by atoms with Crippen molar-refractivity contribution in [3.63, 3.8) is 0 Å². The lowest BCUT2D eigenvalue weighted by Gasteiger charge is -2.12. The smallest absolute Gasteiger partial charge is 0.252 e. The molecule has 1 rings (SSSR count). The first-order valence-corrected chi connectivity index (χ1v) is 9.19. The lowest BCUT2D eigenvalue weighted by atomic mass is 10.2. The minimum atomic E-state index is -0.176. The summed E-state index contributed by atoms with van der Waals surface area (Å²) in [5.41, 5.74) is 0.485. The minimum absolute atomic E-state index is 0.176. The van der Waals surface area contributed by atoms with Crippen molar-refractivity contribution in [2.24, 2.45) is 4.99 Å². The zero-order valence-electron chi connectivity index (χ0n) is 15.1. The van der Waals surface area contributed by atoms with Crippen LogP contribution in [0.1, 0.15) is 37.0 Å². The molecule has 7 heteroatoms. The van der Waals surface area contributed by atoms with E-state index in [4.69, 9.17) is 16.3 Å². The molecule has 6 nitrogen and oxygen atoms in total. The summed E-state index contributed by atoms with van der Waals surface area (Å²) in [7, 11) is 0. The van der Waals surface area contributed by atoms with E-state index < -0.39 is 0 Å². The van der Waals surface area contributed by atoms with E-state index in [0.29, 0.717) is 23.7 Å². The predicted octanol–water partition coefficient (Wildman–Crippen LogP) is 2.44. The van der Waals surface area contributed by atoms with Gasteiger partial charge in [-0.15, -0.1) is 0 Å². The van der Waals surface area contributed by atoms with Crippen molar-refractivity contribution in [3.05, 3.63) is 34.9 Å². The Morgan fingerprint density at radius 1 is 1.12 bits per heavy atom. The number of nitrogens with zero attached hydrogens (tertiary/aromatic N) is 1. The van der Waals surface area contributed by atoms with E-state index in [1.807, 2.05) is 13.8 Å². The summed E-state index contributed by atoms with van der Waals surface area (Å²) < 4.78 is 5.31. The van der Waals surface area contributed by atoms with Gasteiger partial charge < -0.3 is 20.7 Å². The van der Waals surface area contributed by atoms with Crippen molar-refractivity contribution in [2.75, 3.05) is 39.4 Å². The van der Waals surface area contributed by atoms with Crippen molar-refractivity contribution < 1.29 is 9.53 Å². The Morgan fingerprint density at radius 2 is 1.88 bits per heavy atom. The summed E-state index contributed by atoms with van der Waals surface area (Å²) in [6.07, 6.45) is 1.99. The van der Waals surface area contributed by atoms with Gasteiger partial charge in [-0.2, -0.15) is 0 Å². The summed E-state index contributed by atoms with van der Waals surface area (Å²) in [5, 5.41) is 9.69. The van der Waals surface area contributed by atoms with Gasteiger partial charge in [-0.1, -0.05) is 23.7 Å². The number of hydrogen-bond acceptors (Lipinski definition) is 3. The number of unbranched alkanes of at least 4 members (excludes halogenated alkanes) is 1. The molecule has 0 saturated heterocycles. The van der Waals surface area contributed by atoms with Gasteiger partial charge in [-0.05, 0) is 38.8 Å². The summed E-state index contributed by atoms with van der Waals surface area (Å²) in [5.74, 6) is 0.580. The molecule has 0 unspecified atom stereocenters. The lowest BCUT2D eigenvalue weighted by molar-refractivity contribution is 0.0954. The summed E-state index contributed by atoms with van der Waals surface area (Å²) in [6.45, 7) is 8.16. The van der Waals surface area contributed by atoms with Crippen molar-refractivity contribution in [1.29, 1.82) is 0 Å². The maximum atomic E-state index is 12.1. The number of ether oxygens (including phenoxy) is 1. The first-order chi connectivity index (χ1) is 12.2. The van der Waals surface area contributed by atoms with Crippen molar-refractivity contribution in [1.82, 2.24) is 16.0 Å². The largest absolute Gasteiger partial charge is 0.382 e. The Kier molecular flexibility index (Phi) is 11.5. The number of amides is 1. The Bertz CT molecular complexity index is 538. The normalized spacial score (nSPS) is 11.2. The Hall–Kier alpha value is -1.79. The van der Waals surface area contributed by atoms with E-state index in [1.54, 1.807) is 24.3 Å². The van der Waals surface area contributed by atoms with Crippen molar-refractivity contribution in [3.8, 4) is 0 Å². The second kappa shape index (κ2) is 13.5. The van der Waals surface area contributed by atoms with Gasteiger partial charge in [0.2, 0.25) is 0 Å². The van der Waals surface area contributed by atoms with Crippen LogP contribution in [-0.2, 0) is 4.74 Å². The zero-order chi connectivity index (χ0) is 18.3. The van der Waals surface area contributed by atoms with Crippen LogP contribution in [-0.4, -0.2) is 51.3 Å². The van der Waals surface area contributed by atoms with Crippen LogP contribution in [0.5, 0.6) is 0 Å². The molecule has 0 saturated carbocycles. The topological polar surface area (TPSA) is 74.8 Å². The molecular weight excluding hydrogens is 340 g/mol. The monoisotopic (exact) mass is 368 g/mol. The van der Waals surface area contributed by atoms with E-state index in [-0.39, 0.29) is 5.91 Å². The van der Waals surface area contributed by atoms with Crippen LogP contribution in [0.3, 0.4) is 0 Å². The number of carbonyl (C=O) groups excluding carboxylic acids is 1. The van der Waals surface area contributed by atoms with Crippen molar-refractivity contribution >= 4 is 23.5 Å². The lowest BCUT2D eigenvalue weighted by Crippen LogP contribution is -2.41. The standard InChI is InChI=1S/C18H29ClN4O2/c1-3-20-18(22-11-7-8-14-25-4-2)23-13-12-21-17(24)15-9-5-6-10-16(15)19/h5-6,9-10H,3-4,7-8,11-14H2,1-2H3,(H,21,24)(H2,20,22,23). The molecule has 1 aromatic carbocycles. The van der Waals surface area contributed by atoms with Gasteiger partial charge in [0.15, 0.2) is 5.96 Å². The van der Waals surface area contributed by atoms with Gasteiger partial charge in [-0.3, -0.25) is 9.79 Å². The summed E-state index contributed by atoms with van der Waals surface area (Å²) in [4.78, 5) is 16.6. The van der Waals surface area contributed by atoms with Gasteiger partial charge in [0.25, 0.3) is 5.91 Å². The second-order valence-electron chi connectivity index (χ2n) is 5.33. The van der Waals surface area contributed by atoms with E-state index in [2.05, 4.69) is 20.9 Å². The predicted molar refractivity (Wildman–Crippen MR) is 103 cm³/mol. The Labute approximate surface area is 155 Å². The van der Waals surface area contributed by atoms with E-state index in [0.717, 1.165) is 45.1 Å². The first-order valence-electron chi connectivity index (χ1n) is 8.81. The molecule has 140 valence electrons. The number of carbonyl (C=O) groups is 1. The van der Waals surface area contributed by atoms with Crippen LogP contribution in [0.4, 0.5) is 0 Å². The fourth-order valence-corrected chi connectivity index (χ4v) is 2.31. The molecule has 25 heavy (non-hydrogen) atoms. The van der Waals surface area contributed by atoms with Gasteiger partial charge >= 0.3 is 0 Å². The first kappa shape index (κ1) is 21.3. The highest BCUT2D eigenvalue weighted by Crippen LogP contribution is 2.14. The molecule has 1 aromatic rings. The van der Waals surface area contributed by atoms with E-state index in [9.17, 15) is 4.79 Å². The zero-order valence-corrected chi connectivity index (χ0v) is 15.9. The second-order valence-corrected chi connectivity index (χ2v) is 5.73. The molecular formula is C18H29ClN4O2. The van der Waals surface area contributed by atoms with Crippen LogP contribution < -0.4 is 16.0 Å². The average Bonchev–Trinajstić information content (AvgIpc) is 2.61. The average molecular weight is 369 g/mol. The summed E-state index contributed by atoms with van der Waals surface area (Å²) in [6, 6.07) is 7.00. The molecule has 3 N–H and O–H groups in total. The molecule has 0 atom stereocenters. The third kappa shape index (κ3) is 9.31. The quantitative estimate of drug-likeness (QED) is 0.318. The highest BCUT2D eigenvalue weighted by atomic mass is 35.5. The Balaban J connectivity index is 2.28. The van der Waals surface area contributed by atoms with Crippen LogP contribution in [0, 0.1) is 0 Å². The Morgan fingerprint density at radius 3 is 2.60 bits per heavy atom. The number of guanidine groups is 1. The number of aliphatic imine (C=N–C) groups is 1. The van der Waals surface area contributed by atoms with Gasteiger partial charge in [0, 0.05) is 39.4 Å². The molecule has 0 aliphatic rings. The van der Waals surface area contributed by atoms with Crippen LogP contribution in [0.15, 0.2) is 29.3 Å². The van der Waals surface area contributed by atoms with Crippen LogP contribution in [0.2, 0.25) is 5.02 Å². The molecule has 0 aliphatic heterocycles. The minimum Gasteiger partial charge on any atom is -0.382 e.